The van der Waals surface area contributed by atoms with Gasteiger partial charge in [0.2, 0.25) is 5.91 Å². The van der Waals surface area contributed by atoms with Crippen LogP contribution in [0.4, 0.5) is 0 Å². The van der Waals surface area contributed by atoms with E-state index in [1.165, 1.54) is 6.21 Å². The van der Waals surface area contributed by atoms with Crippen molar-refractivity contribution >= 4 is 18.0 Å². The summed E-state index contributed by atoms with van der Waals surface area (Å²) in [6.45, 7) is -0.186. The van der Waals surface area contributed by atoms with E-state index >= 15 is 0 Å². The molecule has 1 unspecified atom stereocenters. The molecule has 0 saturated carbocycles. The molecule has 1 fully saturated rings. The summed E-state index contributed by atoms with van der Waals surface area (Å²) in [7, 11) is 0. The van der Waals surface area contributed by atoms with Crippen molar-refractivity contribution < 1.29 is 19.1 Å². The number of carbonyl (C=O) groups is 2. The second-order valence-corrected chi connectivity index (χ2v) is 3.86. The normalized spacial score (nSPS) is 19.2. The summed E-state index contributed by atoms with van der Waals surface area (Å²) in [4.78, 5) is 22.5. The predicted molar refractivity (Wildman–Crippen MR) is 61.5 cm³/mol. The zero-order chi connectivity index (χ0) is 13.0. The van der Waals surface area contributed by atoms with Crippen LogP contribution in [0.3, 0.4) is 0 Å². The highest BCUT2D eigenvalue weighted by molar-refractivity contribution is 5.91. The first-order valence-corrected chi connectivity index (χ1v) is 5.51. The Morgan fingerprint density at radius 1 is 1.67 bits per heavy atom. The monoisotopic (exact) mass is 251 g/mol. The number of aliphatic hydroxyl groups excluding tert-OH is 1. The SMILES string of the molecule is O=C1CCC(C(=O)N/N=C/c2ccc(CO)o2)N1. The number of rotatable bonds is 4. The summed E-state index contributed by atoms with van der Waals surface area (Å²) >= 11 is 0. The Labute approximate surface area is 103 Å². The Kier molecular flexibility index (Phi) is 3.73. The van der Waals surface area contributed by atoms with Crippen molar-refractivity contribution in [1.82, 2.24) is 10.7 Å². The van der Waals surface area contributed by atoms with Crippen LogP contribution in [0.5, 0.6) is 0 Å². The third-order valence-electron chi connectivity index (χ3n) is 2.52. The number of hydrogen-bond acceptors (Lipinski definition) is 5. The molecule has 0 bridgehead atoms. The largest absolute Gasteiger partial charge is 0.458 e. The van der Waals surface area contributed by atoms with Gasteiger partial charge in [0.25, 0.3) is 5.91 Å². The van der Waals surface area contributed by atoms with E-state index in [9.17, 15) is 9.59 Å². The highest BCUT2D eigenvalue weighted by Gasteiger charge is 2.26. The molecule has 2 heterocycles. The first-order valence-electron chi connectivity index (χ1n) is 5.51. The maximum Gasteiger partial charge on any atom is 0.262 e. The van der Waals surface area contributed by atoms with Crippen molar-refractivity contribution in [2.45, 2.75) is 25.5 Å². The minimum absolute atomic E-state index is 0.127. The summed E-state index contributed by atoms with van der Waals surface area (Å²) in [5.41, 5.74) is 2.31. The summed E-state index contributed by atoms with van der Waals surface area (Å²) in [6.07, 6.45) is 2.17. The zero-order valence-electron chi connectivity index (χ0n) is 9.55. The van der Waals surface area contributed by atoms with E-state index in [-0.39, 0.29) is 18.4 Å². The Balaban J connectivity index is 1.83. The lowest BCUT2D eigenvalue weighted by Crippen LogP contribution is -2.39. The molecule has 3 N–H and O–H groups in total. The maximum atomic E-state index is 11.5. The fraction of sp³-hybridized carbons (Fsp3) is 0.364. The molecule has 1 saturated heterocycles. The average Bonchev–Trinajstić information content (AvgIpc) is 2.98. The van der Waals surface area contributed by atoms with Gasteiger partial charge in [0.05, 0.1) is 6.21 Å². The number of hydrogen-bond donors (Lipinski definition) is 3. The van der Waals surface area contributed by atoms with Gasteiger partial charge >= 0.3 is 0 Å². The minimum Gasteiger partial charge on any atom is -0.458 e. The van der Waals surface area contributed by atoms with Gasteiger partial charge in [-0.2, -0.15) is 5.10 Å². The van der Waals surface area contributed by atoms with E-state index in [0.717, 1.165) is 0 Å². The predicted octanol–water partition coefficient (Wildman–Crippen LogP) is -0.499. The van der Waals surface area contributed by atoms with Gasteiger partial charge in [-0.25, -0.2) is 5.43 Å². The number of nitrogens with one attached hydrogen (secondary N) is 2. The standard InChI is InChI=1S/C11H13N3O4/c15-6-8-2-1-7(18-8)5-12-14-11(17)9-3-4-10(16)13-9/h1-2,5,9,15H,3-4,6H2,(H,13,16)(H,14,17)/b12-5+. The molecule has 18 heavy (non-hydrogen) atoms. The number of hydrazone groups is 1. The molecule has 0 spiro atoms. The Morgan fingerprint density at radius 2 is 2.50 bits per heavy atom. The van der Waals surface area contributed by atoms with Crippen LogP contribution in [-0.4, -0.2) is 29.2 Å². The second-order valence-electron chi connectivity index (χ2n) is 3.86. The Hall–Kier alpha value is -2.15. The quantitative estimate of drug-likeness (QED) is 0.495. The third-order valence-corrected chi connectivity index (χ3v) is 2.52. The van der Waals surface area contributed by atoms with Crippen molar-refractivity contribution in [2.24, 2.45) is 5.10 Å². The number of furan rings is 1. The fourth-order valence-electron chi connectivity index (χ4n) is 1.60. The van der Waals surface area contributed by atoms with Crippen LogP contribution in [0.2, 0.25) is 0 Å². The van der Waals surface area contributed by atoms with Gasteiger partial charge < -0.3 is 14.8 Å². The molecule has 1 aliphatic heterocycles. The molecule has 0 aromatic carbocycles. The molecular weight excluding hydrogens is 238 g/mol. The highest BCUT2D eigenvalue weighted by atomic mass is 16.4. The van der Waals surface area contributed by atoms with Crippen molar-refractivity contribution in [3.05, 3.63) is 23.7 Å². The fourth-order valence-corrected chi connectivity index (χ4v) is 1.60. The van der Waals surface area contributed by atoms with Crippen molar-refractivity contribution in [3.63, 3.8) is 0 Å². The van der Waals surface area contributed by atoms with Gasteiger partial charge in [-0.15, -0.1) is 0 Å². The Bertz CT molecular complexity index is 480. The van der Waals surface area contributed by atoms with Gasteiger partial charge in [-0.1, -0.05) is 0 Å². The maximum absolute atomic E-state index is 11.5. The lowest BCUT2D eigenvalue weighted by atomic mass is 10.2. The molecular formula is C11H13N3O4. The second kappa shape index (κ2) is 5.46. The molecule has 96 valence electrons. The molecule has 1 aromatic heterocycles. The van der Waals surface area contributed by atoms with Gasteiger partial charge in [-0.3, -0.25) is 9.59 Å². The van der Waals surface area contributed by atoms with E-state index < -0.39 is 6.04 Å². The molecule has 1 aromatic rings. The lowest BCUT2D eigenvalue weighted by Gasteiger charge is -2.06. The van der Waals surface area contributed by atoms with E-state index in [0.29, 0.717) is 24.4 Å². The number of nitrogens with zero attached hydrogens (tertiary/aromatic N) is 1. The minimum atomic E-state index is -0.515. The molecule has 7 heteroatoms. The molecule has 2 amide bonds. The van der Waals surface area contributed by atoms with Gasteiger partial charge in [0.15, 0.2) is 0 Å². The molecule has 2 rings (SSSR count). The topological polar surface area (TPSA) is 104 Å². The van der Waals surface area contributed by atoms with Crippen LogP contribution >= 0.6 is 0 Å². The molecule has 0 radical (unpaired) electrons. The van der Waals surface area contributed by atoms with Crippen LogP contribution in [0.1, 0.15) is 24.4 Å². The van der Waals surface area contributed by atoms with Crippen LogP contribution in [0, 0.1) is 0 Å². The van der Waals surface area contributed by atoms with Crippen molar-refractivity contribution in [1.29, 1.82) is 0 Å². The van der Waals surface area contributed by atoms with Crippen molar-refractivity contribution in [3.8, 4) is 0 Å². The summed E-state index contributed by atoms with van der Waals surface area (Å²) < 4.78 is 5.14. The third kappa shape index (κ3) is 2.95. The average molecular weight is 251 g/mol. The van der Waals surface area contributed by atoms with Crippen LogP contribution < -0.4 is 10.7 Å². The van der Waals surface area contributed by atoms with E-state index in [1.54, 1.807) is 12.1 Å². The number of carbonyl (C=O) groups excluding carboxylic acids is 2. The van der Waals surface area contributed by atoms with Gasteiger partial charge in [0, 0.05) is 6.42 Å². The van der Waals surface area contributed by atoms with E-state index in [1.807, 2.05) is 0 Å². The van der Waals surface area contributed by atoms with Crippen molar-refractivity contribution in [2.75, 3.05) is 0 Å². The van der Waals surface area contributed by atoms with Gasteiger partial charge in [-0.05, 0) is 18.6 Å². The molecule has 1 atom stereocenters. The number of aliphatic hydroxyl groups is 1. The lowest BCUT2D eigenvalue weighted by molar-refractivity contribution is -0.125. The summed E-state index contributed by atoms with van der Waals surface area (Å²) in [5, 5.41) is 15.0. The summed E-state index contributed by atoms with van der Waals surface area (Å²) in [5.74, 6) is 0.365. The molecule has 0 aliphatic carbocycles. The van der Waals surface area contributed by atoms with E-state index in [2.05, 4.69) is 15.8 Å². The highest BCUT2D eigenvalue weighted by Crippen LogP contribution is 2.06. The van der Waals surface area contributed by atoms with E-state index in [4.69, 9.17) is 9.52 Å². The number of amides is 2. The Morgan fingerprint density at radius 3 is 3.11 bits per heavy atom. The first kappa shape index (κ1) is 12.3. The first-order chi connectivity index (χ1) is 8.69. The summed E-state index contributed by atoms with van der Waals surface area (Å²) in [6, 6.07) is 2.72. The van der Waals surface area contributed by atoms with Crippen LogP contribution in [-0.2, 0) is 16.2 Å². The van der Waals surface area contributed by atoms with Crippen LogP contribution in [0.25, 0.3) is 0 Å². The smallest absolute Gasteiger partial charge is 0.262 e. The zero-order valence-corrected chi connectivity index (χ0v) is 9.55. The van der Waals surface area contributed by atoms with Gasteiger partial charge in [0.1, 0.15) is 24.2 Å². The molecule has 1 aliphatic rings. The molecule has 7 nitrogen and oxygen atoms in total. The van der Waals surface area contributed by atoms with Crippen LogP contribution in [0.15, 0.2) is 21.7 Å².